The van der Waals surface area contributed by atoms with E-state index in [9.17, 15) is 0 Å². The van der Waals surface area contributed by atoms with Gasteiger partial charge in [-0.25, -0.2) is 9.15 Å². The maximum atomic E-state index is 5.51. The van der Waals surface area contributed by atoms with E-state index in [1.807, 2.05) is 0 Å². The summed E-state index contributed by atoms with van der Waals surface area (Å²) < 4.78 is 39.8. The topological polar surface area (TPSA) is 61.4 Å². The molecular weight excluding hydrogens is 565 g/mol. The van der Waals surface area contributed by atoms with Gasteiger partial charge in [-0.15, -0.1) is 0 Å². The number of hydrogen-bond acceptors (Lipinski definition) is 12. The minimum atomic E-state index is -2.53. The second-order valence-electron chi connectivity index (χ2n) is 6.41. The molecule has 0 unspecified atom stereocenters. The third-order valence-electron chi connectivity index (χ3n) is 4.10. The fraction of sp³-hybridized carbons (Fsp3) is 0.875. The van der Waals surface area contributed by atoms with Crippen LogP contribution in [0.1, 0.15) is 0 Å². The minimum Gasteiger partial charge on any atom is -0.377 e. The van der Waals surface area contributed by atoms with E-state index in [-0.39, 0.29) is 0 Å². The molecule has 0 rings (SSSR count). The molecule has 0 bridgehead atoms. The third kappa shape index (κ3) is 12.6. The van der Waals surface area contributed by atoms with Gasteiger partial charge in [0.25, 0.3) is 8.75 Å². The van der Waals surface area contributed by atoms with Gasteiger partial charge >= 0.3 is 17.6 Å². The second-order valence-corrected chi connectivity index (χ2v) is 20.9. The Morgan fingerprint density at radius 1 is 0.562 bits per heavy atom. The molecule has 0 aromatic rings. The van der Waals surface area contributed by atoms with Crippen LogP contribution in [0.15, 0.2) is 0 Å². The van der Waals surface area contributed by atoms with E-state index in [0.717, 1.165) is 23.6 Å². The van der Waals surface area contributed by atoms with E-state index in [4.69, 9.17) is 26.6 Å². The van der Waals surface area contributed by atoms with Crippen molar-refractivity contribution in [3.63, 3.8) is 0 Å². The van der Waals surface area contributed by atoms with E-state index >= 15 is 0 Å². The van der Waals surface area contributed by atoms with Crippen LogP contribution in [0.3, 0.4) is 0 Å². The van der Waals surface area contributed by atoms with Gasteiger partial charge in [0, 0.05) is 87.8 Å². The Balaban J connectivity index is 4.56. The normalized spacial score (nSPS) is 12.2. The monoisotopic (exact) mass is 602 g/mol. The molecule has 0 saturated carbocycles. The van der Waals surface area contributed by atoms with Crippen LogP contribution in [0.5, 0.6) is 0 Å². The average molecular weight is 603 g/mol. The van der Waals surface area contributed by atoms with Crippen LogP contribution in [0.2, 0.25) is 12.1 Å². The van der Waals surface area contributed by atoms with Gasteiger partial charge in [0.2, 0.25) is 0 Å². The Bertz CT molecular complexity index is 523. The van der Waals surface area contributed by atoms with Crippen molar-refractivity contribution in [1.82, 2.24) is 0 Å². The molecule has 0 saturated heterocycles. The summed E-state index contributed by atoms with van der Waals surface area (Å²) in [6.45, 7) is 0. The zero-order valence-corrected chi connectivity index (χ0v) is 27.5. The van der Waals surface area contributed by atoms with Gasteiger partial charge in [0.05, 0.1) is 0 Å². The molecule has 0 aliphatic carbocycles. The molecule has 0 atom stereocenters. The van der Waals surface area contributed by atoms with Crippen molar-refractivity contribution >= 4 is 91.1 Å². The molecular formula is C16H38N2O6S6Si2+2. The van der Waals surface area contributed by atoms with Crippen LogP contribution in [-0.4, -0.2) is 118 Å². The van der Waals surface area contributed by atoms with Gasteiger partial charge < -0.3 is 26.6 Å². The Hall–Kier alpha value is 1.63. The fourth-order valence-corrected chi connectivity index (χ4v) is 16.3. The largest absolute Gasteiger partial charge is 0.501 e. The molecule has 0 heterocycles. The highest BCUT2D eigenvalue weighted by atomic mass is 33.7. The van der Waals surface area contributed by atoms with Crippen LogP contribution >= 0.6 is 64.8 Å². The molecule has 8 nitrogen and oxygen atoms in total. The Kier molecular flexibility index (Phi) is 19.8. The molecule has 0 fully saturated rings. The Labute approximate surface area is 220 Å². The van der Waals surface area contributed by atoms with Gasteiger partial charge in [-0.3, -0.25) is 0 Å². The van der Waals surface area contributed by atoms with Gasteiger partial charge in [0.1, 0.15) is 28.2 Å². The Morgan fingerprint density at radius 2 is 0.844 bits per heavy atom. The lowest BCUT2D eigenvalue weighted by Gasteiger charge is -2.23. The van der Waals surface area contributed by atoms with Crippen LogP contribution in [-0.2, 0) is 26.6 Å². The number of hydrogen-bond donors (Lipinski definition) is 0. The first-order chi connectivity index (χ1) is 15.2. The summed E-state index contributed by atoms with van der Waals surface area (Å²) in [5, 5.41) is 0. The Morgan fingerprint density at radius 3 is 1.06 bits per heavy atom. The summed E-state index contributed by atoms with van der Waals surface area (Å²) in [6.07, 6.45) is 0. The molecule has 0 N–H and O–H groups in total. The van der Waals surface area contributed by atoms with E-state index in [1.54, 1.807) is 107 Å². The molecule has 190 valence electrons. The van der Waals surface area contributed by atoms with Crippen molar-refractivity contribution in [3.8, 4) is 0 Å². The van der Waals surface area contributed by atoms with Crippen molar-refractivity contribution in [2.75, 3.05) is 82.4 Å². The van der Waals surface area contributed by atoms with Gasteiger partial charge in [-0.05, 0) is 43.2 Å². The smallest absolute Gasteiger partial charge is 0.377 e. The van der Waals surface area contributed by atoms with Crippen molar-refractivity contribution in [3.05, 3.63) is 0 Å². The molecule has 0 radical (unpaired) electrons. The summed E-state index contributed by atoms with van der Waals surface area (Å²) in [7, 11) is 20.1. The van der Waals surface area contributed by atoms with E-state index in [1.165, 1.54) is 8.75 Å². The molecule has 0 aliphatic rings. The summed E-state index contributed by atoms with van der Waals surface area (Å²) in [5.41, 5.74) is 0. The highest BCUT2D eigenvalue weighted by molar-refractivity contribution is 9.30. The van der Waals surface area contributed by atoms with Crippen molar-refractivity contribution in [1.29, 1.82) is 0 Å². The maximum absolute atomic E-state index is 5.51. The molecule has 0 aromatic heterocycles. The lowest BCUT2D eigenvalue weighted by atomic mass is 11.0. The number of nitrogens with zero attached hydrogens (tertiary/aromatic N) is 2. The second kappa shape index (κ2) is 18.8. The highest BCUT2D eigenvalue weighted by Gasteiger charge is 2.38. The predicted molar refractivity (Wildman–Crippen MR) is 153 cm³/mol. The molecule has 0 aromatic carbocycles. The van der Waals surface area contributed by atoms with Crippen LogP contribution < -0.4 is 0 Å². The fourth-order valence-electron chi connectivity index (χ4n) is 2.18. The first kappa shape index (κ1) is 33.6. The zero-order valence-electron chi connectivity index (χ0n) is 20.6. The molecule has 0 spiro atoms. The SMILES string of the molecule is CO[Si](CCSC(SSSSC(SCC[Si](OC)(OC)OC)=[N+](C)C)=[N+](C)C)(OC)OC. The number of thioether (sulfide) groups is 2. The first-order valence-corrected chi connectivity index (χ1v) is 20.2. The lowest BCUT2D eigenvalue weighted by molar-refractivity contribution is -0.458. The first-order valence-electron chi connectivity index (χ1n) is 9.51. The average Bonchev–Trinajstić information content (AvgIpc) is 2.79. The summed E-state index contributed by atoms with van der Waals surface area (Å²) >= 11 is 3.58. The summed E-state index contributed by atoms with van der Waals surface area (Å²) in [5.74, 6) is 1.74. The molecule has 0 aliphatic heterocycles. The van der Waals surface area contributed by atoms with Crippen molar-refractivity contribution < 1.29 is 35.7 Å². The zero-order chi connectivity index (χ0) is 24.6. The number of rotatable bonds is 15. The quantitative estimate of drug-likeness (QED) is 0.0676. The van der Waals surface area contributed by atoms with Crippen LogP contribution in [0, 0.1) is 0 Å². The van der Waals surface area contributed by atoms with Crippen molar-refractivity contribution in [2.24, 2.45) is 0 Å². The van der Waals surface area contributed by atoms with Crippen LogP contribution in [0.25, 0.3) is 0 Å². The summed E-state index contributed by atoms with van der Waals surface area (Å²) in [6, 6.07) is 1.52. The summed E-state index contributed by atoms with van der Waals surface area (Å²) in [4.78, 5) is 0. The van der Waals surface area contributed by atoms with E-state index < -0.39 is 17.6 Å². The van der Waals surface area contributed by atoms with Gasteiger partial charge in [-0.1, -0.05) is 0 Å². The molecule has 16 heteroatoms. The van der Waals surface area contributed by atoms with E-state index in [2.05, 4.69) is 37.3 Å². The highest BCUT2D eigenvalue weighted by Crippen LogP contribution is 2.47. The molecule has 0 amide bonds. The lowest BCUT2D eigenvalue weighted by Crippen LogP contribution is -2.43. The maximum Gasteiger partial charge on any atom is 0.501 e. The standard InChI is InChI=1S/C16H38N2O6S6Si2/c1-17(2)15(25-11-13-31(19-5,20-6)21-7)27-29-30-28-16(18(3)4)26-12-14-32(22-8,23-9)24-10/h11-14H2,1-10H3/q+2. The minimum absolute atomic E-state index is 0.760. The van der Waals surface area contributed by atoms with E-state index in [0.29, 0.717) is 0 Å². The predicted octanol–water partition coefficient (Wildman–Crippen LogP) is 4.14. The molecule has 32 heavy (non-hydrogen) atoms. The van der Waals surface area contributed by atoms with Gasteiger partial charge in [-0.2, -0.15) is 0 Å². The van der Waals surface area contributed by atoms with Crippen molar-refractivity contribution in [2.45, 2.75) is 12.1 Å². The third-order valence-corrected chi connectivity index (χ3v) is 20.1. The van der Waals surface area contributed by atoms with Crippen LogP contribution in [0.4, 0.5) is 0 Å². The van der Waals surface area contributed by atoms with Gasteiger partial charge in [0.15, 0.2) is 0 Å².